The summed E-state index contributed by atoms with van der Waals surface area (Å²) in [4.78, 5) is 0. The van der Waals surface area contributed by atoms with Crippen LogP contribution in [0.25, 0.3) is 0 Å². The maximum atomic E-state index is 5.31. The van der Waals surface area contributed by atoms with Crippen LogP contribution < -0.4 is 0 Å². The van der Waals surface area contributed by atoms with Crippen LogP contribution in [-0.2, 0) is 24.4 Å². The molecule has 0 aliphatic carbocycles. The number of ether oxygens (including phenoxy) is 1. The van der Waals surface area contributed by atoms with E-state index in [2.05, 4.69) is 25.1 Å². The first-order valence-electron chi connectivity index (χ1n) is 4.08. The summed E-state index contributed by atoms with van der Waals surface area (Å²) >= 11 is 0. The lowest BCUT2D eigenvalue weighted by Gasteiger charge is -1.99. The van der Waals surface area contributed by atoms with E-state index in [1.54, 1.807) is 0 Å². The quantitative estimate of drug-likeness (QED) is 0.593. The molecule has 0 amide bonds. The van der Waals surface area contributed by atoms with Crippen LogP contribution in [0.3, 0.4) is 0 Å². The Labute approximate surface area is 67.0 Å². The molecule has 0 saturated heterocycles. The summed E-state index contributed by atoms with van der Waals surface area (Å²) in [6.45, 7) is 3.79. The third-order valence-electron chi connectivity index (χ3n) is 2.19. The maximum Gasteiger partial charge on any atom is 0.0725 e. The van der Waals surface area contributed by atoms with Gasteiger partial charge in [0, 0.05) is 0 Å². The zero-order valence-electron chi connectivity index (χ0n) is 6.76. The summed E-state index contributed by atoms with van der Waals surface area (Å²) in [7, 11) is 0. The van der Waals surface area contributed by atoms with Gasteiger partial charge < -0.3 is 4.74 Å². The average Bonchev–Trinajstić information content (AvgIpc) is 2.50. The number of rotatable bonds is 1. The highest BCUT2D eigenvalue weighted by Crippen LogP contribution is 2.20. The molecule has 0 radical (unpaired) electrons. The van der Waals surface area contributed by atoms with E-state index in [1.807, 2.05) is 0 Å². The first-order valence-corrected chi connectivity index (χ1v) is 4.08. The minimum atomic E-state index is 0.805. The molecular formula is C10H12O. The molecule has 0 atom stereocenters. The highest BCUT2D eigenvalue weighted by molar-refractivity contribution is 5.32. The molecule has 1 aliphatic heterocycles. The van der Waals surface area contributed by atoms with Gasteiger partial charge in [-0.05, 0) is 23.1 Å². The number of fused-ring (bicyclic) bond motifs is 1. The smallest absolute Gasteiger partial charge is 0.0725 e. The Balaban J connectivity index is 2.41. The largest absolute Gasteiger partial charge is 0.372 e. The summed E-state index contributed by atoms with van der Waals surface area (Å²) in [6.07, 6.45) is 1.12. The Kier molecular flexibility index (Phi) is 1.66. The summed E-state index contributed by atoms with van der Waals surface area (Å²) in [5.74, 6) is 0. The van der Waals surface area contributed by atoms with Crippen molar-refractivity contribution in [2.24, 2.45) is 0 Å². The zero-order chi connectivity index (χ0) is 7.68. The molecule has 0 unspecified atom stereocenters. The zero-order valence-corrected chi connectivity index (χ0v) is 6.76. The Hall–Kier alpha value is -0.820. The van der Waals surface area contributed by atoms with E-state index in [9.17, 15) is 0 Å². The van der Waals surface area contributed by atoms with Gasteiger partial charge in [-0.3, -0.25) is 0 Å². The fourth-order valence-corrected chi connectivity index (χ4v) is 1.45. The molecule has 0 fully saturated rings. The van der Waals surface area contributed by atoms with Gasteiger partial charge in [-0.1, -0.05) is 25.1 Å². The molecule has 2 rings (SSSR count). The van der Waals surface area contributed by atoms with Crippen LogP contribution in [0.1, 0.15) is 23.6 Å². The Bertz CT molecular complexity index is 266. The SMILES string of the molecule is CCc1ccc2c(c1)COC2. The fourth-order valence-electron chi connectivity index (χ4n) is 1.45. The summed E-state index contributed by atoms with van der Waals surface area (Å²) in [6, 6.07) is 6.62. The van der Waals surface area contributed by atoms with Gasteiger partial charge in [-0.2, -0.15) is 0 Å². The molecule has 0 spiro atoms. The normalized spacial score (nSPS) is 15.0. The molecule has 0 saturated carbocycles. The second kappa shape index (κ2) is 2.67. The lowest BCUT2D eigenvalue weighted by Crippen LogP contribution is -1.85. The lowest BCUT2D eigenvalue weighted by atomic mass is 10.1. The predicted octanol–water partition coefficient (Wildman–Crippen LogP) is 2.28. The molecule has 1 heterocycles. The van der Waals surface area contributed by atoms with Crippen LogP contribution in [-0.4, -0.2) is 0 Å². The van der Waals surface area contributed by atoms with Crippen LogP contribution in [0.5, 0.6) is 0 Å². The van der Waals surface area contributed by atoms with Gasteiger partial charge in [0.25, 0.3) is 0 Å². The van der Waals surface area contributed by atoms with Crippen molar-refractivity contribution in [3.8, 4) is 0 Å². The van der Waals surface area contributed by atoms with Crippen LogP contribution >= 0.6 is 0 Å². The Morgan fingerprint density at radius 3 is 2.91 bits per heavy atom. The second-order valence-electron chi connectivity index (χ2n) is 2.95. The van der Waals surface area contributed by atoms with Crippen molar-refractivity contribution in [3.05, 3.63) is 34.9 Å². The summed E-state index contributed by atoms with van der Waals surface area (Å²) < 4.78 is 5.31. The van der Waals surface area contributed by atoms with E-state index in [0.717, 1.165) is 19.6 Å². The molecule has 1 nitrogen and oxygen atoms in total. The van der Waals surface area contributed by atoms with E-state index in [4.69, 9.17) is 4.74 Å². The highest BCUT2D eigenvalue weighted by atomic mass is 16.5. The Morgan fingerprint density at radius 2 is 2.09 bits per heavy atom. The van der Waals surface area contributed by atoms with Gasteiger partial charge in [-0.15, -0.1) is 0 Å². The first-order chi connectivity index (χ1) is 5.40. The third-order valence-corrected chi connectivity index (χ3v) is 2.19. The van der Waals surface area contributed by atoms with Gasteiger partial charge in [-0.25, -0.2) is 0 Å². The van der Waals surface area contributed by atoms with Crippen molar-refractivity contribution in [1.82, 2.24) is 0 Å². The monoisotopic (exact) mass is 148 g/mol. The van der Waals surface area contributed by atoms with Crippen molar-refractivity contribution in [3.63, 3.8) is 0 Å². The fraction of sp³-hybridized carbons (Fsp3) is 0.400. The van der Waals surface area contributed by atoms with Crippen LogP contribution in [0.15, 0.2) is 18.2 Å². The second-order valence-corrected chi connectivity index (χ2v) is 2.95. The number of aryl methyl sites for hydroxylation is 1. The third kappa shape index (κ3) is 1.16. The van der Waals surface area contributed by atoms with Crippen LogP contribution in [0.4, 0.5) is 0 Å². The number of hydrogen-bond acceptors (Lipinski definition) is 1. The van der Waals surface area contributed by atoms with Gasteiger partial charge in [0.2, 0.25) is 0 Å². The van der Waals surface area contributed by atoms with Gasteiger partial charge >= 0.3 is 0 Å². The van der Waals surface area contributed by atoms with Gasteiger partial charge in [0.05, 0.1) is 13.2 Å². The minimum Gasteiger partial charge on any atom is -0.372 e. The molecule has 11 heavy (non-hydrogen) atoms. The molecular weight excluding hydrogens is 136 g/mol. The molecule has 1 aliphatic rings. The minimum absolute atomic E-state index is 0.805. The molecule has 1 aromatic rings. The predicted molar refractivity (Wildman–Crippen MR) is 44.3 cm³/mol. The molecule has 0 N–H and O–H groups in total. The maximum absolute atomic E-state index is 5.31. The highest BCUT2D eigenvalue weighted by Gasteiger charge is 2.09. The van der Waals surface area contributed by atoms with Crippen molar-refractivity contribution in [2.75, 3.05) is 0 Å². The van der Waals surface area contributed by atoms with Gasteiger partial charge in [0.15, 0.2) is 0 Å². The molecule has 58 valence electrons. The van der Waals surface area contributed by atoms with E-state index >= 15 is 0 Å². The topological polar surface area (TPSA) is 9.23 Å². The first kappa shape index (κ1) is 6.86. The van der Waals surface area contributed by atoms with E-state index in [1.165, 1.54) is 16.7 Å². The van der Waals surface area contributed by atoms with Crippen LogP contribution in [0, 0.1) is 0 Å². The van der Waals surface area contributed by atoms with Crippen molar-refractivity contribution in [1.29, 1.82) is 0 Å². The average molecular weight is 148 g/mol. The molecule has 0 aromatic heterocycles. The van der Waals surface area contributed by atoms with Crippen molar-refractivity contribution in [2.45, 2.75) is 26.6 Å². The lowest BCUT2D eigenvalue weighted by molar-refractivity contribution is 0.134. The van der Waals surface area contributed by atoms with Crippen molar-refractivity contribution >= 4 is 0 Å². The van der Waals surface area contributed by atoms with E-state index < -0.39 is 0 Å². The standard InChI is InChI=1S/C10H12O/c1-2-8-3-4-9-6-11-7-10(9)5-8/h3-5H,2,6-7H2,1H3. The summed E-state index contributed by atoms with van der Waals surface area (Å²) in [5.41, 5.74) is 4.15. The molecule has 1 aromatic carbocycles. The number of benzene rings is 1. The van der Waals surface area contributed by atoms with E-state index in [-0.39, 0.29) is 0 Å². The van der Waals surface area contributed by atoms with Crippen LogP contribution in [0.2, 0.25) is 0 Å². The van der Waals surface area contributed by atoms with Crippen molar-refractivity contribution < 1.29 is 4.74 Å². The Morgan fingerprint density at radius 1 is 1.27 bits per heavy atom. The van der Waals surface area contributed by atoms with E-state index in [0.29, 0.717) is 0 Å². The molecule has 1 heteroatoms. The molecule has 0 bridgehead atoms. The number of hydrogen-bond donors (Lipinski definition) is 0. The summed E-state index contributed by atoms with van der Waals surface area (Å²) in [5, 5.41) is 0. The van der Waals surface area contributed by atoms with Gasteiger partial charge in [0.1, 0.15) is 0 Å².